The highest BCUT2D eigenvalue weighted by molar-refractivity contribution is 7.86. The van der Waals surface area contributed by atoms with Crippen LogP contribution in [0.15, 0.2) is 29.5 Å². The zero-order chi connectivity index (χ0) is 37.3. The Labute approximate surface area is 299 Å². The Hall–Kier alpha value is -3.42. The van der Waals surface area contributed by atoms with Crippen LogP contribution in [0.4, 0.5) is 4.79 Å². The Bertz CT molecular complexity index is 1350. The van der Waals surface area contributed by atoms with Gasteiger partial charge in [0.2, 0.25) is 17.6 Å². The first-order valence-corrected chi connectivity index (χ1v) is 19.5. The third kappa shape index (κ3) is 9.27. The molecule has 2 heterocycles. The van der Waals surface area contributed by atoms with Crippen molar-refractivity contribution in [3.8, 4) is 0 Å². The number of carbonyl (C=O) groups excluding carboxylic acids is 5. The Morgan fingerprint density at radius 3 is 2.28 bits per heavy atom. The monoisotopic (exact) mass is 718 g/mol. The number of amides is 5. The van der Waals surface area contributed by atoms with Crippen LogP contribution in [-0.4, -0.2) is 86.0 Å². The molecule has 0 aromatic heterocycles. The molecule has 1 unspecified atom stereocenters. The average molecular weight is 719 g/mol. The van der Waals surface area contributed by atoms with Crippen LogP contribution in [0.1, 0.15) is 112 Å². The Morgan fingerprint density at radius 1 is 1.06 bits per heavy atom. The van der Waals surface area contributed by atoms with E-state index >= 15 is 0 Å². The highest BCUT2D eigenvalue weighted by atomic mass is 32.2. The molecule has 5 amide bonds. The molecule has 0 spiro atoms. The summed E-state index contributed by atoms with van der Waals surface area (Å²) in [7, 11) is -1.55. The first-order valence-electron chi connectivity index (χ1n) is 18.1. The predicted octanol–water partition coefficient (Wildman–Crippen LogP) is 4.14. The second-order valence-corrected chi connectivity index (χ2v) is 17.1. The maximum Gasteiger partial charge on any atom is 0.316 e. The lowest BCUT2D eigenvalue weighted by molar-refractivity contribution is -0.143. The number of nitroso groups, excluding NO2 is 1. The van der Waals surface area contributed by atoms with E-state index in [-0.39, 0.29) is 25.4 Å². The quantitative estimate of drug-likeness (QED) is 0.111. The van der Waals surface area contributed by atoms with Crippen LogP contribution in [-0.2, 0) is 30.0 Å². The van der Waals surface area contributed by atoms with E-state index < -0.39 is 74.3 Å². The molecule has 13 nitrogen and oxygen atoms in total. The van der Waals surface area contributed by atoms with Gasteiger partial charge in [0.1, 0.15) is 12.1 Å². The number of carbonyl (C=O) groups is 5. The fraction of sp³-hybridized carbons (Fsp3) is 0.750. The van der Waals surface area contributed by atoms with Crippen LogP contribution >= 0.6 is 0 Å². The van der Waals surface area contributed by atoms with Gasteiger partial charge in [0, 0.05) is 18.8 Å². The molecular weight excluding hydrogens is 660 g/mol. The molecule has 0 aromatic rings. The van der Waals surface area contributed by atoms with Gasteiger partial charge in [-0.15, -0.1) is 11.5 Å². The van der Waals surface area contributed by atoms with E-state index in [0.29, 0.717) is 49.9 Å². The third-order valence-electron chi connectivity index (χ3n) is 10.1. The number of hydrogen-bond donors (Lipinski definition) is 4. The summed E-state index contributed by atoms with van der Waals surface area (Å²) in [4.78, 5) is 80.6. The molecule has 14 heteroatoms. The highest BCUT2D eigenvalue weighted by Gasteiger charge is 2.60. The summed E-state index contributed by atoms with van der Waals surface area (Å²) in [6.07, 6.45) is 9.58. The lowest BCUT2D eigenvalue weighted by Crippen LogP contribution is -2.68. The molecule has 1 saturated carbocycles. The van der Waals surface area contributed by atoms with Crippen molar-refractivity contribution in [2.75, 3.05) is 18.8 Å². The van der Waals surface area contributed by atoms with Gasteiger partial charge < -0.3 is 26.2 Å². The van der Waals surface area contributed by atoms with Crippen LogP contribution in [0.5, 0.6) is 0 Å². The van der Waals surface area contributed by atoms with E-state index in [4.69, 9.17) is 0 Å². The Morgan fingerprint density at radius 2 is 1.74 bits per heavy atom. The van der Waals surface area contributed by atoms with Gasteiger partial charge >= 0.3 is 6.03 Å². The van der Waals surface area contributed by atoms with Gasteiger partial charge in [0.05, 0.1) is 22.4 Å². The van der Waals surface area contributed by atoms with Crippen LogP contribution in [0.2, 0.25) is 0 Å². The minimum atomic E-state index is -1.55. The number of Topliss-reactive ketones (excluding diaryl/α,β-unsaturated/α-hetero) is 1. The van der Waals surface area contributed by atoms with Crippen LogP contribution in [0.3, 0.4) is 0 Å². The summed E-state index contributed by atoms with van der Waals surface area (Å²) in [6.45, 7) is 15.2. The number of likely N-dealkylation sites (tertiary alicyclic amines) is 1. The summed E-state index contributed by atoms with van der Waals surface area (Å²) in [5.74, 6) is -2.25. The van der Waals surface area contributed by atoms with Crippen molar-refractivity contribution in [2.24, 2.45) is 16.5 Å². The molecule has 3 aliphatic rings. The lowest BCUT2D eigenvalue weighted by atomic mass is 9.74. The van der Waals surface area contributed by atoms with Crippen LogP contribution < -0.4 is 21.3 Å². The normalized spacial score (nSPS) is 25.4. The van der Waals surface area contributed by atoms with Gasteiger partial charge in [-0.3, -0.25) is 23.4 Å². The summed E-state index contributed by atoms with van der Waals surface area (Å²) in [5, 5.41) is 14.6. The molecule has 3 rings (SSSR count). The zero-order valence-electron chi connectivity index (χ0n) is 30.7. The van der Waals surface area contributed by atoms with E-state index in [1.807, 2.05) is 47.6 Å². The minimum Gasteiger partial charge on any atom is -0.346 e. The highest BCUT2D eigenvalue weighted by Crippen LogP contribution is 2.47. The summed E-state index contributed by atoms with van der Waals surface area (Å²) >= 11 is 0. The van der Waals surface area contributed by atoms with E-state index in [9.17, 15) is 33.1 Å². The Kier molecular flexibility index (Phi) is 14.5. The number of rotatable bonds is 15. The van der Waals surface area contributed by atoms with Crippen molar-refractivity contribution in [1.82, 2.24) is 26.2 Å². The maximum absolute atomic E-state index is 14.5. The van der Waals surface area contributed by atoms with Gasteiger partial charge in [-0.2, -0.15) is 0 Å². The van der Waals surface area contributed by atoms with Crippen molar-refractivity contribution in [2.45, 2.75) is 141 Å². The number of allylic oxidation sites excluding steroid dienone is 1. The number of hydrogen-bond acceptors (Lipinski definition) is 8. The molecule has 0 aromatic carbocycles. The second-order valence-electron chi connectivity index (χ2n) is 15.3. The smallest absolute Gasteiger partial charge is 0.316 e. The number of nitrogens with zero attached hydrogens (tertiary/aromatic N) is 2. The van der Waals surface area contributed by atoms with Gasteiger partial charge in [0.15, 0.2) is 4.87 Å². The molecule has 1 aliphatic carbocycles. The standard InChI is InChI=1S/C36H58N6O7S/c1-8-10-15-26(28(43)31(45)37-20-9-2)38-30(44)27-25(23-24(3)4)16-21-42(27)32(46)29(34(5,6)7)39-33(47)40-35(17-12-11-13-18-35)36(41-48)19-14-22-50(36)49/h9,23-24,26-27,29H,2,8,10-22H2,1,3-7H3,(H,37,45)(H,38,44)(H2,39,40,47)/t26-,27-,29+,36-,50?/m0/s1. The number of nitrogens with one attached hydrogen (secondary N) is 4. The fourth-order valence-electron chi connectivity index (χ4n) is 7.53. The van der Waals surface area contributed by atoms with E-state index in [2.05, 4.69) is 33.0 Å². The molecule has 280 valence electrons. The van der Waals surface area contributed by atoms with Gasteiger partial charge in [0.25, 0.3) is 5.91 Å². The molecule has 4 N–H and O–H groups in total. The number of urea groups is 1. The maximum atomic E-state index is 14.5. The lowest BCUT2D eigenvalue weighted by Gasteiger charge is -2.46. The van der Waals surface area contributed by atoms with E-state index in [0.717, 1.165) is 25.7 Å². The first-order chi connectivity index (χ1) is 23.6. The Balaban J connectivity index is 1.92. The number of ketones is 1. The second kappa shape index (κ2) is 17.7. The van der Waals surface area contributed by atoms with Crippen molar-refractivity contribution >= 4 is 40.3 Å². The summed E-state index contributed by atoms with van der Waals surface area (Å²) in [5.41, 5.74) is -1.20. The van der Waals surface area contributed by atoms with Crippen molar-refractivity contribution in [3.63, 3.8) is 0 Å². The summed E-state index contributed by atoms with van der Waals surface area (Å²) in [6, 6.07) is -3.89. The predicted molar refractivity (Wildman–Crippen MR) is 194 cm³/mol. The average Bonchev–Trinajstić information content (AvgIpc) is 3.66. The zero-order valence-corrected chi connectivity index (χ0v) is 31.5. The largest absolute Gasteiger partial charge is 0.346 e. The van der Waals surface area contributed by atoms with Crippen molar-refractivity contribution in [3.05, 3.63) is 29.2 Å². The molecule has 50 heavy (non-hydrogen) atoms. The first kappa shape index (κ1) is 41.0. The van der Waals surface area contributed by atoms with Gasteiger partial charge in [-0.05, 0) is 60.6 Å². The topological polar surface area (TPSA) is 183 Å². The van der Waals surface area contributed by atoms with Gasteiger partial charge in [-0.25, -0.2) is 4.79 Å². The minimum absolute atomic E-state index is 0.0615. The molecular formula is C36H58N6O7S. The molecule has 2 saturated heterocycles. The van der Waals surface area contributed by atoms with E-state index in [1.54, 1.807) is 0 Å². The molecule has 0 radical (unpaired) electrons. The van der Waals surface area contributed by atoms with E-state index in [1.165, 1.54) is 11.0 Å². The molecule has 0 bridgehead atoms. The van der Waals surface area contributed by atoms with Crippen molar-refractivity contribution < 1.29 is 28.2 Å². The van der Waals surface area contributed by atoms with Gasteiger partial charge in [-0.1, -0.05) is 85.8 Å². The third-order valence-corrected chi connectivity index (χ3v) is 12.1. The van der Waals surface area contributed by atoms with Crippen LogP contribution in [0.25, 0.3) is 0 Å². The molecule has 5 atom stereocenters. The number of unbranched alkanes of at least 4 members (excludes halogenated alkanes) is 1. The molecule has 2 aliphatic heterocycles. The molecule has 3 fully saturated rings. The SMILES string of the molecule is C=CCNC(=O)C(=O)[C@H](CCCC)NC(=O)[C@@H]1C(=CC(C)C)CCN1C(=O)[C@@H](NC(=O)NC1([C@]2(N=O)CCCS2=O)CCCCC1)C(C)(C)C. The fourth-order valence-corrected chi connectivity index (χ4v) is 9.42. The van der Waals surface area contributed by atoms with Crippen molar-refractivity contribution in [1.29, 1.82) is 0 Å². The summed E-state index contributed by atoms with van der Waals surface area (Å²) < 4.78 is 13.2. The van der Waals surface area contributed by atoms with Crippen LogP contribution in [0, 0.1) is 16.2 Å².